The van der Waals surface area contributed by atoms with Crippen LogP contribution in [0.1, 0.15) is 31.0 Å². The van der Waals surface area contributed by atoms with E-state index in [4.69, 9.17) is 0 Å². The van der Waals surface area contributed by atoms with E-state index in [0.717, 1.165) is 11.3 Å². The molecule has 0 heterocycles. The van der Waals surface area contributed by atoms with Gasteiger partial charge in [-0.05, 0) is 37.1 Å². The third kappa shape index (κ3) is 5.90. The second-order valence-corrected chi connectivity index (χ2v) is 9.36. The molecule has 0 aromatic heterocycles. The molecule has 0 aliphatic carbocycles. The van der Waals surface area contributed by atoms with Crippen LogP contribution in [0, 0.1) is 0 Å². The Morgan fingerprint density at radius 1 is 1.04 bits per heavy atom. The zero-order valence-electron chi connectivity index (χ0n) is 14.6. The molecular weight excluding hydrogens is 354 g/mol. The van der Waals surface area contributed by atoms with Crippen LogP contribution < -0.4 is 5.32 Å². The molecule has 25 heavy (non-hydrogen) atoms. The van der Waals surface area contributed by atoms with Crippen LogP contribution in [0.4, 0.5) is 0 Å². The van der Waals surface area contributed by atoms with E-state index in [9.17, 15) is 13.2 Å². The lowest BCUT2D eigenvalue weighted by Gasteiger charge is -2.18. The van der Waals surface area contributed by atoms with Crippen LogP contribution in [0.5, 0.6) is 0 Å². The smallest absolute Gasteiger partial charge is 0.233 e. The lowest BCUT2D eigenvalue weighted by Crippen LogP contribution is -2.33. The summed E-state index contributed by atoms with van der Waals surface area (Å²) >= 11 is 1.59. The van der Waals surface area contributed by atoms with E-state index in [1.807, 2.05) is 44.2 Å². The summed E-state index contributed by atoms with van der Waals surface area (Å²) in [5, 5.41) is 2.81. The van der Waals surface area contributed by atoms with Gasteiger partial charge in [0.25, 0.3) is 0 Å². The summed E-state index contributed by atoms with van der Waals surface area (Å²) in [6, 6.07) is 16.5. The number of rotatable bonds is 7. The van der Waals surface area contributed by atoms with Gasteiger partial charge in [0.2, 0.25) is 5.91 Å². The van der Waals surface area contributed by atoms with Crippen molar-refractivity contribution < 1.29 is 13.2 Å². The average molecular weight is 378 g/mol. The van der Waals surface area contributed by atoms with E-state index in [1.54, 1.807) is 36.0 Å². The molecule has 0 fully saturated rings. The fourth-order valence-electron chi connectivity index (χ4n) is 2.29. The van der Waals surface area contributed by atoms with E-state index in [-0.39, 0.29) is 22.1 Å². The minimum Gasteiger partial charge on any atom is -0.349 e. The molecule has 0 aliphatic heterocycles. The first kappa shape index (κ1) is 19.5. The molecule has 2 aromatic carbocycles. The van der Waals surface area contributed by atoms with Crippen LogP contribution in [0.3, 0.4) is 0 Å². The summed E-state index contributed by atoms with van der Waals surface area (Å²) in [6.07, 6.45) is 1.18. The van der Waals surface area contributed by atoms with Crippen molar-refractivity contribution in [3.63, 3.8) is 0 Å². The highest BCUT2D eigenvalue weighted by molar-refractivity contribution is 7.99. The van der Waals surface area contributed by atoms with Gasteiger partial charge in [-0.25, -0.2) is 8.42 Å². The molecule has 0 saturated heterocycles. The van der Waals surface area contributed by atoms with Crippen molar-refractivity contribution >= 4 is 27.5 Å². The topological polar surface area (TPSA) is 63.2 Å². The SMILES string of the molecule is C[C@H](SCc1ccccc1)C(=O)N[C@@H](C)c1ccc(S(C)(=O)=O)cc1. The number of benzene rings is 2. The highest BCUT2D eigenvalue weighted by Gasteiger charge is 2.17. The summed E-state index contributed by atoms with van der Waals surface area (Å²) in [6.45, 7) is 3.78. The van der Waals surface area contributed by atoms with Gasteiger partial charge in [-0.15, -0.1) is 11.8 Å². The van der Waals surface area contributed by atoms with Crippen LogP contribution in [0.2, 0.25) is 0 Å². The third-order valence-electron chi connectivity index (χ3n) is 3.88. The Bertz CT molecular complexity index is 802. The van der Waals surface area contributed by atoms with E-state index in [0.29, 0.717) is 0 Å². The summed E-state index contributed by atoms with van der Waals surface area (Å²) in [5.74, 6) is 0.757. The predicted octanol–water partition coefficient (Wildman–Crippen LogP) is 3.59. The Morgan fingerprint density at radius 3 is 2.20 bits per heavy atom. The summed E-state index contributed by atoms with van der Waals surface area (Å²) in [7, 11) is -3.21. The van der Waals surface area contributed by atoms with Gasteiger partial charge < -0.3 is 5.32 Å². The summed E-state index contributed by atoms with van der Waals surface area (Å²) < 4.78 is 23.0. The van der Waals surface area contributed by atoms with Crippen molar-refractivity contribution in [2.75, 3.05) is 6.26 Å². The van der Waals surface area contributed by atoms with E-state index >= 15 is 0 Å². The maximum atomic E-state index is 12.3. The molecule has 2 rings (SSSR count). The molecule has 0 bridgehead atoms. The first-order chi connectivity index (χ1) is 11.8. The van der Waals surface area contributed by atoms with Crippen LogP contribution in [0.25, 0.3) is 0 Å². The molecule has 134 valence electrons. The first-order valence-electron chi connectivity index (χ1n) is 8.03. The van der Waals surface area contributed by atoms with Gasteiger partial charge in [0.1, 0.15) is 0 Å². The van der Waals surface area contributed by atoms with E-state index in [2.05, 4.69) is 5.32 Å². The highest BCUT2D eigenvalue weighted by Crippen LogP contribution is 2.20. The van der Waals surface area contributed by atoms with Gasteiger partial charge >= 0.3 is 0 Å². The Kier molecular flexibility index (Phi) is 6.67. The van der Waals surface area contributed by atoms with E-state index < -0.39 is 9.84 Å². The Balaban J connectivity index is 1.90. The average Bonchev–Trinajstić information content (AvgIpc) is 2.59. The van der Waals surface area contributed by atoms with Crippen molar-refractivity contribution in [3.05, 3.63) is 65.7 Å². The van der Waals surface area contributed by atoms with Crippen molar-refractivity contribution in [3.8, 4) is 0 Å². The van der Waals surface area contributed by atoms with Crippen LogP contribution in [-0.4, -0.2) is 25.8 Å². The Hall–Kier alpha value is -1.79. The number of nitrogens with one attached hydrogen (secondary N) is 1. The van der Waals surface area contributed by atoms with Crippen LogP contribution in [-0.2, 0) is 20.4 Å². The zero-order valence-corrected chi connectivity index (χ0v) is 16.2. The van der Waals surface area contributed by atoms with Crippen LogP contribution in [0.15, 0.2) is 59.5 Å². The van der Waals surface area contributed by atoms with Crippen LogP contribution >= 0.6 is 11.8 Å². The van der Waals surface area contributed by atoms with Gasteiger partial charge in [0, 0.05) is 12.0 Å². The van der Waals surface area contributed by atoms with Crippen molar-refractivity contribution in [1.29, 1.82) is 0 Å². The zero-order chi connectivity index (χ0) is 18.4. The van der Waals surface area contributed by atoms with Gasteiger partial charge in [-0.1, -0.05) is 42.5 Å². The molecule has 0 unspecified atom stereocenters. The van der Waals surface area contributed by atoms with Gasteiger partial charge in [-0.3, -0.25) is 4.79 Å². The largest absolute Gasteiger partial charge is 0.349 e. The Morgan fingerprint density at radius 2 is 1.64 bits per heavy atom. The lowest BCUT2D eigenvalue weighted by atomic mass is 10.1. The predicted molar refractivity (Wildman–Crippen MR) is 103 cm³/mol. The second-order valence-electron chi connectivity index (χ2n) is 6.01. The molecule has 0 aliphatic rings. The molecule has 0 radical (unpaired) electrons. The number of thioether (sulfide) groups is 1. The monoisotopic (exact) mass is 377 g/mol. The molecular formula is C19H23NO3S2. The summed E-state index contributed by atoms with van der Waals surface area (Å²) in [5.41, 5.74) is 2.07. The normalized spacial score (nSPS) is 13.9. The molecule has 4 nitrogen and oxygen atoms in total. The van der Waals surface area contributed by atoms with Crippen molar-refractivity contribution in [2.24, 2.45) is 0 Å². The van der Waals surface area contributed by atoms with Gasteiger partial charge in [-0.2, -0.15) is 0 Å². The number of hydrogen-bond donors (Lipinski definition) is 1. The lowest BCUT2D eigenvalue weighted by molar-refractivity contribution is -0.120. The number of carbonyl (C=O) groups excluding carboxylic acids is 1. The number of sulfone groups is 1. The molecule has 1 amide bonds. The standard InChI is InChI=1S/C19H23NO3S2/c1-14(17-9-11-18(12-10-17)25(3,22)23)20-19(21)15(2)24-13-16-7-5-4-6-8-16/h4-12,14-15H,13H2,1-3H3,(H,20,21)/t14-,15-/m0/s1. The molecule has 2 atom stereocenters. The highest BCUT2D eigenvalue weighted by atomic mass is 32.2. The quantitative estimate of drug-likeness (QED) is 0.801. The fraction of sp³-hybridized carbons (Fsp3) is 0.316. The maximum absolute atomic E-state index is 12.3. The van der Waals surface area contributed by atoms with E-state index in [1.165, 1.54) is 11.8 Å². The van der Waals surface area contributed by atoms with Gasteiger partial charge in [0.05, 0.1) is 16.2 Å². The number of amides is 1. The molecule has 1 N–H and O–H groups in total. The number of carbonyl (C=O) groups is 1. The second kappa shape index (κ2) is 8.54. The molecule has 6 heteroatoms. The minimum atomic E-state index is -3.21. The fourth-order valence-corrected chi connectivity index (χ4v) is 3.77. The third-order valence-corrected chi connectivity index (χ3v) is 6.22. The number of hydrogen-bond acceptors (Lipinski definition) is 4. The summed E-state index contributed by atoms with van der Waals surface area (Å²) in [4.78, 5) is 12.6. The molecule has 0 spiro atoms. The van der Waals surface area contributed by atoms with Crippen molar-refractivity contribution in [2.45, 2.75) is 35.8 Å². The molecule has 0 saturated carbocycles. The molecule has 2 aromatic rings. The minimum absolute atomic E-state index is 0.0272. The maximum Gasteiger partial charge on any atom is 0.233 e. The van der Waals surface area contributed by atoms with Gasteiger partial charge in [0.15, 0.2) is 9.84 Å². The first-order valence-corrected chi connectivity index (χ1v) is 11.0. The Labute approximate surface area is 154 Å². The van der Waals surface area contributed by atoms with Crippen molar-refractivity contribution in [1.82, 2.24) is 5.32 Å².